The smallest absolute Gasteiger partial charge is 0.416 e. The number of nitrogen functional groups attached to an aromatic ring is 1. The quantitative estimate of drug-likeness (QED) is 0.379. The van der Waals surface area contributed by atoms with E-state index in [1.807, 2.05) is 0 Å². The Balaban J connectivity index is 1.62. The van der Waals surface area contributed by atoms with Crippen LogP contribution in [0.15, 0.2) is 36.5 Å². The summed E-state index contributed by atoms with van der Waals surface area (Å²) in [5.74, 6) is -2.74. The van der Waals surface area contributed by atoms with E-state index in [9.17, 15) is 31.1 Å². The molecule has 0 radical (unpaired) electrons. The summed E-state index contributed by atoms with van der Waals surface area (Å²) in [4.78, 5) is 17.8. The molecule has 0 saturated heterocycles. The highest BCUT2D eigenvalue weighted by Crippen LogP contribution is 2.42. The Morgan fingerprint density at radius 3 is 2.57 bits per heavy atom. The van der Waals surface area contributed by atoms with Gasteiger partial charge < -0.3 is 15.4 Å². The number of carbonyl (C=O) groups is 1. The van der Waals surface area contributed by atoms with Gasteiger partial charge in [-0.15, -0.1) is 0 Å². The Morgan fingerprint density at radius 2 is 1.89 bits per heavy atom. The number of carbonyl (C=O) groups excluding carboxylic acids is 1. The maximum Gasteiger partial charge on any atom is 0.416 e. The van der Waals surface area contributed by atoms with E-state index in [2.05, 4.69) is 10.1 Å². The number of hydrogen-bond acceptors (Lipinski definition) is 5. The number of ether oxygens (including phenoxy) is 1. The molecule has 0 aliphatic carbocycles. The zero-order valence-corrected chi connectivity index (χ0v) is 18.8. The maximum absolute atomic E-state index is 15.1. The summed E-state index contributed by atoms with van der Waals surface area (Å²) in [6, 6.07) is 2.82. The van der Waals surface area contributed by atoms with Gasteiger partial charge in [0.1, 0.15) is 30.5 Å². The van der Waals surface area contributed by atoms with E-state index in [-0.39, 0.29) is 28.0 Å². The lowest BCUT2D eigenvalue weighted by Gasteiger charge is -2.29. The summed E-state index contributed by atoms with van der Waals surface area (Å²) in [6.45, 7) is -2.34. The molecule has 0 fully saturated rings. The van der Waals surface area contributed by atoms with Gasteiger partial charge in [-0.25, -0.2) is 9.37 Å². The topological polar surface area (TPSA) is 86.3 Å². The predicted octanol–water partition coefficient (Wildman–Crippen LogP) is 5.00. The minimum absolute atomic E-state index is 0.0470. The molecule has 1 unspecified atom stereocenters. The van der Waals surface area contributed by atoms with Crippen LogP contribution in [0.4, 0.5) is 36.6 Å². The van der Waals surface area contributed by atoms with Gasteiger partial charge in [0.05, 0.1) is 39.8 Å². The molecule has 5 rings (SSSR count). The van der Waals surface area contributed by atoms with Crippen molar-refractivity contribution in [3.05, 3.63) is 59.0 Å². The van der Waals surface area contributed by atoms with Crippen molar-refractivity contribution in [3.63, 3.8) is 0 Å². The monoisotopic (exact) mass is 527 g/mol. The largest absolute Gasteiger partial charge is 0.491 e. The molecule has 3 heterocycles. The van der Waals surface area contributed by atoms with Crippen molar-refractivity contribution < 1.29 is 40.3 Å². The normalized spacial score (nSPS) is 15.7. The lowest BCUT2D eigenvalue weighted by molar-refractivity contribution is -0.145. The number of aromatic nitrogens is 3. The van der Waals surface area contributed by atoms with E-state index in [1.165, 1.54) is 10.9 Å². The van der Waals surface area contributed by atoms with E-state index >= 15 is 4.39 Å². The highest BCUT2D eigenvalue weighted by molar-refractivity contribution is 6.10. The van der Waals surface area contributed by atoms with Crippen LogP contribution < -0.4 is 10.5 Å². The van der Waals surface area contributed by atoms with Gasteiger partial charge in [-0.05, 0) is 18.2 Å². The fraction of sp³-hybridized carbons (Fsp3) is 0.261. The molecule has 1 amide bonds. The number of amides is 1. The van der Waals surface area contributed by atoms with Crippen molar-refractivity contribution in [2.45, 2.75) is 18.4 Å². The maximum atomic E-state index is 15.1. The molecule has 0 bridgehead atoms. The summed E-state index contributed by atoms with van der Waals surface area (Å²) in [5.41, 5.74) is 4.52. The van der Waals surface area contributed by atoms with Crippen LogP contribution in [0.25, 0.3) is 21.8 Å². The Labute approximate surface area is 203 Å². The summed E-state index contributed by atoms with van der Waals surface area (Å²) < 4.78 is 102. The van der Waals surface area contributed by atoms with Crippen molar-refractivity contribution in [1.82, 2.24) is 19.7 Å². The van der Waals surface area contributed by atoms with Crippen LogP contribution in [0.3, 0.4) is 0 Å². The Morgan fingerprint density at radius 1 is 1.16 bits per heavy atom. The summed E-state index contributed by atoms with van der Waals surface area (Å²) in [5, 5.41) is 4.68. The zero-order valence-electron chi connectivity index (χ0n) is 18.8. The second-order valence-electron chi connectivity index (χ2n) is 8.50. The molecule has 2 N–H and O–H groups in total. The molecular formula is C23H16F7N5O2. The second-order valence-corrected chi connectivity index (χ2v) is 8.50. The van der Waals surface area contributed by atoms with Crippen LogP contribution in [-0.2, 0) is 13.2 Å². The zero-order chi connectivity index (χ0) is 26.9. The highest BCUT2D eigenvalue weighted by Gasteiger charge is 2.42. The lowest BCUT2D eigenvalue weighted by atomic mass is 10.0. The number of nitrogens with two attached hydrogens (primary N) is 1. The summed E-state index contributed by atoms with van der Waals surface area (Å²) in [6.07, 6.45) is -8.20. The molecule has 1 aliphatic heterocycles. The van der Waals surface area contributed by atoms with E-state index in [0.29, 0.717) is 27.9 Å². The minimum Gasteiger partial charge on any atom is -0.491 e. The number of aryl methyl sites for hydroxylation is 1. The fourth-order valence-electron chi connectivity index (χ4n) is 4.44. The molecule has 2 aromatic carbocycles. The number of alkyl halides is 6. The average molecular weight is 527 g/mol. The van der Waals surface area contributed by atoms with Crippen molar-refractivity contribution in [3.8, 4) is 5.75 Å². The Bertz CT molecular complexity index is 1560. The molecule has 1 aliphatic rings. The van der Waals surface area contributed by atoms with E-state index in [1.54, 1.807) is 7.05 Å². The molecule has 7 nitrogen and oxygen atoms in total. The molecule has 2 aromatic heterocycles. The number of benzene rings is 2. The molecule has 194 valence electrons. The third-order valence-electron chi connectivity index (χ3n) is 6.11. The molecule has 0 saturated carbocycles. The molecule has 14 heteroatoms. The number of nitrogens with zero attached hydrogens (tertiary/aromatic N) is 4. The third kappa shape index (κ3) is 4.25. The molecule has 37 heavy (non-hydrogen) atoms. The van der Waals surface area contributed by atoms with Gasteiger partial charge in [-0.2, -0.15) is 31.4 Å². The SMILES string of the molecule is Cn1ncc2c(N)nc3cc(F)c(C(=O)N(CC(F)(F)F)C4COc5cc(C(F)(F)F)ccc54)cc3c21. The number of anilines is 1. The standard InChI is InChI=1S/C23H16F7N5O2/c1-34-19-13-5-12(15(24)6-16(13)33-20(31)14(19)7-32-34)21(36)35(9-22(25,26)27)17-8-37-18-4-10(23(28,29)30)2-3-11(17)18/h2-7,17H,8-9H2,1H3,(H2,31,33). The number of fused-ring (bicyclic) bond motifs is 4. The first-order chi connectivity index (χ1) is 17.2. The average Bonchev–Trinajstić information content (AvgIpc) is 3.39. The van der Waals surface area contributed by atoms with E-state index < -0.39 is 54.4 Å². The van der Waals surface area contributed by atoms with Gasteiger partial charge >= 0.3 is 12.4 Å². The van der Waals surface area contributed by atoms with Crippen molar-refractivity contribution in [1.29, 1.82) is 0 Å². The Hall–Kier alpha value is -4.10. The third-order valence-corrected chi connectivity index (χ3v) is 6.11. The second kappa shape index (κ2) is 8.21. The first kappa shape index (κ1) is 24.6. The van der Waals surface area contributed by atoms with Gasteiger partial charge in [-0.1, -0.05) is 6.07 Å². The van der Waals surface area contributed by atoms with Crippen LogP contribution in [0, 0.1) is 5.82 Å². The van der Waals surface area contributed by atoms with Crippen molar-refractivity contribution in [2.24, 2.45) is 7.05 Å². The minimum atomic E-state index is -4.90. The number of halogens is 7. The number of rotatable bonds is 3. The van der Waals surface area contributed by atoms with Gasteiger partial charge in [0.25, 0.3) is 5.91 Å². The van der Waals surface area contributed by atoms with E-state index in [4.69, 9.17) is 10.5 Å². The molecule has 1 atom stereocenters. The van der Waals surface area contributed by atoms with Crippen molar-refractivity contribution in [2.75, 3.05) is 18.9 Å². The fourth-order valence-corrected chi connectivity index (χ4v) is 4.44. The number of hydrogen-bond donors (Lipinski definition) is 1. The van der Waals surface area contributed by atoms with Crippen LogP contribution in [0.2, 0.25) is 0 Å². The van der Waals surface area contributed by atoms with Gasteiger partial charge in [0, 0.05) is 24.1 Å². The lowest BCUT2D eigenvalue weighted by Crippen LogP contribution is -2.42. The van der Waals surface area contributed by atoms with Crippen LogP contribution >= 0.6 is 0 Å². The van der Waals surface area contributed by atoms with Gasteiger partial charge in [0.2, 0.25) is 0 Å². The highest BCUT2D eigenvalue weighted by atomic mass is 19.4. The van der Waals surface area contributed by atoms with Crippen LogP contribution in [0.1, 0.15) is 27.5 Å². The van der Waals surface area contributed by atoms with Gasteiger partial charge in [-0.3, -0.25) is 9.48 Å². The molecule has 4 aromatic rings. The van der Waals surface area contributed by atoms with Crippen LogP contribution in [0.5, 0.6) is 5.75 Å². The van der Waals surface area contributed by atoms with E-state index in [0.717, 1.165) is 18.2 Å². The first-order valence-corrected chi connectivity index (χ1v) is 10.7. The van der Waals surface area contributed by atoms with Gasteiger partial charge in [0.15, 0.2) is 0 Å². The molecule has 0 spiro atoms. The molecular weight excluding hydrogens is 511 g/mol. The first-order valence-electron chi connectivity index (χ1n) is 10.7. The summed E-state index contributed by atoms with van der Waals surface area (Å²) in [7, 11) is 1.56. The summed E-state index contributed by atoms with van der Waals surface area (Å²) >= 11 is 0. The number of pyridine rings is 1. The Kier molecular flexibility index (Phi) is 5.46. The van der Waals surface area contributed by atoms with Crippen LogP contribution in [-0.4, -0.2) is 44.9 Å². The predicted molar refractivity (Wildman–Crippen MR) is 117 cm³/mol. The van der Waals surface area contributed by atoms with Crippen molar-refractivity contribution >= 4 is 33.5 Å².